The fourth-order valence-electron chi connectivity index (χ4n) is 1.70. The lowest BCUT2D eigenvalue weighted by Gasteiger charge is -2.21. The maximum atomic E-state index is 9.01. The van der Waals surface area contributed by atoms with Crippen molar-refractivity contribution in [3.63, 3.8) is 0 Å². The predicted octanol–water partition coefficient (Wildman–Crippen LogP) is 3.19. The Balaban J connectivity index is 2.05. The molecule has 15 heavy (non-hydrogen) atoms. The van der Waals surface area contributed by atoms with Gasteiger partial charge < -0.3 is 4.90 Å². The summed E-state index contributed by atoms with van der Waals surface area (Å²) in [5, 5.41) is 9.01. The zero-order valence-electron chi connectivity index (χ0n) is 8.70. The molecule has 1 saturated carbocycles. The highest BCUT2D eigenvalue weighted by Gasteiger charge is 2.44. The molecule has 0 bridgehead atoms. The molecule has 0 saturated heterocycles. The zero-order chi connectivity index (χ0) is 10.9. The van der Waals surface area contributed by atoms with Gasteiger partial charge in [-0.25, -0.2) is 0 Å². The van der Waals surface area contributed by atoms with E-state index in [1.54, 1.807) is 0 Å². The van der Waals surface area contributed by atoms with Crippen molar-refractivity contribution in [2.24, 2.45) is 5.41 Å². The van der Waals surface area contributed by atoms with Gasteiger partial charge >= 0.3 is 0 Å². The lowest BCUT2D eigenvalue weighted by atomic mass is 10.1. The Hall–Kier alpha value is -1.01. The molecule has 3 heteroatoms. The Morgan fingerprint density at radius 2 is 2.00 bits per heavy atom. The van der Waals surface area contributed by atoms with Crippen LogP contribution in [-0.4, -0.2) is 13.6 Å². The van der Waals surface area contributed by atoms with Gasteiger partial charge in [-0.05, 0) is 37.1 Å². The van der Waals surface area contributed by atoms with Gasteiger partial charge in [0, 0.05) is 23.8 Å². The van der Waals surface area contributed by atoms with Crippen molar-refractivity contribution in [3.8, 4) is 6.07 Å². The van der Waals surface area contributed by atoms with Crippen LogP contribution >= 0.6 is 15.9 Å². The van der Waals surface area contributed by atoms with Crippen LogP contribution in [0.4, 0.5) is 5.69 Å². The molecular weight excluding hydrogens is 252 g/mol. The average Bonchev–Trinajstić information content (AvgIpc) is 2.99. The van der Waals surface area contributed by atoms with Crippen LogP contribution in [0, 0.1) is 16.7 Å². The van der Waals surface area contributed by atoms with Gasteiger partial charge in [0.1, 0.15) is 0 Å². The Bertz CT molecular complexity index is 387. The van der Waals surface area contributed by atoms with Crippen molar-refractivity contribution < 1.29 is 0 Å². The lowest BCUT2D eigenvalue weighted by Crippen LogP contribution is -2.25. The van der Waals surface area contributed by atoms with Gasteiger partial charge in [-0.3, -0.25) is 0 Å². The fourth-order valence-corrected chi connectivity index (χ4v) is 1.96. The summed E-state index contributed by atoms with van der Waals surface area (Å²) in [6, 6.07) is 10.6. The second-order valence-electron chi connectivity index (χ2n) is 4.22. The minimum atomic E-state index is -0.0676. The first-order chi connectivity index (χ1) is 7.15. The highest BCUT2D eigenvalue weighted by Crippen LogP contribution is 2.45. The average molecular weight is 265 g/mol. The third kappa shape index (κ3) is 2.32. The summed E-state index contributed by atoms with van der Waals surface area (Å²) >= 11 is 3.41. The highest BCUT2D eigenvalue weighted by molar-refractivity contribution is 9.10. The van der Waals surface area contributed by atoms with Crippen LogP contribution in [-0.2, 0) is 0 Å². The van der Waals surface area contributed by atoms with E-state index in [1.165, 1.54) is 5.69 Å². The van der Waals surface area contributed by atoms with Crippen molar-refractivity contribution >= 4 is 21.6 Å². The summed E-state index contributed by atoms with van der Waals surface area (Å²) in [5.74, 6) is 0. The Labute approximate surface area is 98.6 Å². The predicted molar refractivity (Wildman–Crippen MR) is 64.7 cm³/mol. The van der Waals surface area contributed by atoms with E-state index in [0.29, 0.717) is 0 Å². The maximum Gasteiger partial charge on any atom is 0.0749 e. The van der Waals surface area contributed by atoms with Gasteiger partial charge in [-0.2, -0.15) is 5.26 Å². The third-order valence-electron chi connectivity index (χ3n) is 2.90. The van der Waals surface area contributed by atoms with E-state index >= 15 is 0 Å². The summed E-state index contributed by atoms with van der Waals surface area (Å²) in [5.41, 5.74) is 1.10. The molecule has 0 unspecified atom stereocenters. The van der Waals surface area contributed by atoms with Crippen molar-refractivity contribution in [2.75, 3.05) is 18.5 Å². The van der Waals surface area contributed by atoms with E-state index in [2.05, 4.69) is 39.0 Å². The first-order valence-electron chi connectivity index (χ1n) is 5.03. The highest BCUT2D eigenvalue weighted by atomic mass is 79.9. The molecule has 1 aromatic carbocycles. The molecule has 1 fully saturated rings. The number of benzene rings is 1. The minimum Gasteiger partial charge on any atom is -0.373 e. The molecule has 1 aliphatic rings. The molecule has 0 aromatic heterocycles. The van der Waals surface area contributed by atoms with Crippen molar-refractivity contribution in [2.45, 2.75) is 12.8 Å². The zero-order valence-corrected chi connectivity index (χ0v) is 10.3. The fraction of sp³-hybridized carbons (Fsp3) is 0.417. The smallest absolute Gasteiger partial charge is 0.0749 e. The monoisotopic (exact) mass is 264 g/mol. The lowest BCUT2D eigenvalue weighted by molar-refractivity contribution is 0.653. The molecule has 2 rings (SSSR count). The third-order valence-corrected chi connectivity index (χ3v) is 3.43. The van der Waals surface area contributed by atoms with Crippen molar-refractivity contribution in [1.29, 1.82) is 5.26 Å². The van der Waals surface area contributed by atoms with Gasteiger partial charge in [0.2, 0.25) is 0 Å². The Kier molecular flexibility index (Phi) is 2.70. The quantitative estimate of drug-likeness (QED) is 0.839. The first-order valence-corrected chi connectivity index (χ1v) is 5.82. The summed E-state index contributed by atoms with van der Waals surface area (Å²) in [6.07, 6.45) is 2.09. The first kappa shape index (κ1) is 10.5. The number of anilines is 1. The number of nitriles is 1. The summed E-state index contributed by atoms with van der Waals surface area (Å²) in [7, 11) is 2.04. The molecule has 1 aromatic rings. The number of nitrogens with zero attached hydrogens (tertiary/aromatic N) is 2. The molecule has 0 radical (unpaired) electrons. The van der Waals surface area contributed by atoms with Crippen LogP contribution < -0.4 is 4.90 Å². The van der Waals surface area contributed by atoms with Crippen LogP contribution in [0.2, 0.25) is 0 Å². The van der Waals surface area contributed by atoms with Crippen molar-refractivity contribution in [3.05, 3.63) is 28.7 Å². The SMILES string of the molecule is CN(CC1(C#N)CC1)c1ccc(Br)cc1. The van der Waals surface area contributed by atoms with E-state index in [9.17, 15) is 0 Å². The van der Waals surface area contributed by atoms with E-state index in [4.69, 9.17) is 5.26 Å². The molecule has 0 heterocycles. The molecule has 1 aliphatic carbocycles. The van der Waals surface area contributed by atoms with E-state index in [1.807, 2.05) is 19.2 Å². The number of rotatable bonds is 3. The molecule has 0 spiro atoms. The van der Waals surface area contributed by atoms with Gasteiger partial charge in [0.05, 0.1) is 11.5 Å². The second kappa shape index (κ2) is 3.86. The molecule has 0 atom stereocenters. The van der Waals surface area contributed by atoms with E-state index in [-0.39, 0.29) is 5.41 Å². The maximum absolute atomic E-state index is 9.01. The molecule has 0 aliphatic heterocycles. The number of hydrogen-bond acceptors (Lipinski definition) is 2. The summed E-state index contributed by atoms with van der Waals surface area (Å²) < 4.78 is 1.08. The van der Waals surface area contributed by atoms with E-state index < -0.39 is 0 Å². The largest absolute Gasteiger partial charge is 0.373 e. The van der Waals surface area contributed by atoms with Crippen LogP contribution in [0.25, 0.3) is 0 Å². The molecule has 0 N–H and O–H groups in total. The molecule has 2 nitrogen and oxygen atoms in total. The summed E-state index contributed by atoms with van der Waals surface area (Å²) in [4.78, 5) is 2.16. The number of halogens is 1. The molecule has 0 amide bonds. The Morgan fingerprint density at radius 1 is 1.40 bits per heavy atom. The topological polar surface area (TPSA) is 27.0 Å². The van der Waals surface area contributed by atoms with Crippen molar-refractivity contribution in [1.82, 2.24) is 0 Å². The molecule has 78 valence electrons. The molecular formula is C12H13BrN2. The van der Waals surface area contributed by atoms with Gasteiger partial charge in [-0.15, -0.1) is 0 Å². The van der Waals surface area contributed by atoms with Gasteiger partial charge in [0.25, 0.3) is 0 Å². The standard InChI is InChI=1S/C12H13BrN2/c1-15(9-12(8-14)6-7-12)11-4-2-10(13)3-5-11/h2-5H,6-7,9H2,1H3. The van der Waals surface area contributed by atoms with Crippen LogP contribution in [0.15, 0.2) is 28.7 Å². The normalized spacial score (nSPS) is 16.9. The van der Waals surface area contributed by atoms with E-state index in [0.717, 1.165) is 23.9 Å². The second-order valence-corrected chi connectivity index (χ2v) is 5.14. The van der Waals surface area contributed by atoms with Crippen LogP contribution in [0.1, 0.15) is 12.8 Å². The minimum absolute atomic E-state index is 0.0676. The Morgan fingerprint density at radius 3 is 2.47 bits per heavy atom. The van der Waals surface area contributed by atoms with Crippen LogP contribution in [0.3, 0.4) is 0 Å². The van der Waals surface area contributed by atoms with Crippen LogP contribution in [0.5, 0.6) is 0 Å². The van der Waals surface area contributed by atoms with Gasteiger partial charge in [-0.1, -0.05) is 15.9 Å². The summed E-state index contributed by atoms with van der Waals surface area (Å²) in [6.45, 7) is 0.838. The number of hydrogen-bond donors (Lipinski definition) is 0. The van der Waals surface area contributed by atoms with Gasteiger partial charge in [0.15, 0.2) is 0 Å².